The van der Waals surface area contributed by atoms with Crippen molar-refractivity contribution in [2.75, 3.05) is 45.8 Å². The van der Waals surface area contributed by atoms with Gasteiger partial charge < -0.3 is 35.3 Å². The van der Waals surface area contributed by atoms with Gasteiger partial charge in [-0.3, -0.25) is 19.1 Å². The summed E-state index contributed by atoms with van der Waals surface area (Å²) in [6.45, 7) is 11.9. The molecule has 0 radical (unpaired) electrons. The monoisotopic (exact) mass is 616 g/mol. The van der Waals surface area contributed by atoms with E-state index < -0.39 is 23.3 Å². The van der Waals surface area contributed by atoms with Gasteiger partial charge in [-0.2, -0.15) is 5.10 Å². The molecule has 240 valence electrons. The van der Waals surface area contributed by atoms with E-state index in [1.165, 1.54) is 11.9 Å². The molecule has 0 saturated heterocycles. The largest absolute Gasteiger partial charge is 0.480 e. The first kappa shape index (κ1) is 39.0. The van der Waals surface area contributed by atoms with Crippen LogP contribution in [0, 0.1) is 10.8 Å². The van der Waals surface area contributed by atoms with Crippen molar-refractivity contribution in [1.29, 1.82) is 0 Å². The minimum Gasteiger partial charge on any atom is -0.480 e. The topological polar surface area (TPSA) is 197 Å². The number of carboxylic acid groups (broad SMARTS) is 1. The van der Waals surface area contributed by atoms with E-state index >= 15 is 0 Å². The van der Waals surface area contributed by atoms with Gasteiger partial charge in [0.2, 0.25) is 17.7 Å². The molecule has 1 atom stereocenters. The molecule has 0 saturated carbocycles. The lowest BCUT2D eigenvalue weighted by Crippen LogP contribution is -2.42. The highest BCUT2D eigenvalue weighted by Gasteiger charge is 2.35. The average molecular weight is 617 g/mol. The lowest BCUT2D eigenvalue weighted by molar-refractivity contribution is -0.142. The Balaban J connectivity index is 3.99. The maximum atomic E-state index is 12.8. The zero-order chi connectivity index (χ0) is 32.0. The summed E-state index contributed by atoms with van der Waals surface area (Å²) in [6, 6.07) is -1.14. The Morgan fingerprint density at radius 3 is 2.38 bits per heavy atom. The Bertz CT molecular complexity index is 913. The van der Waals surface area contributed by atoms with Crippen LogP contribution in [-0.4, -0.2) is 99.5 Å². The van der Waals surface area contributed by atoms with Gasteiger partial charge in [-0.15, -0.1) is 5.10 Å². The summed E-state index contributed by atoms with van der Waals surface area (Å²) in [5.41, 5.74) is -0.803. The van der Waals surface area contributed by atoms with Crippen molar-refractivity contribution in [3.8, 4) is 0 Å². The van der Waals surface area contributed by atoms with Crippen LogP contribution in [-0.2, 0) is 33.4 Å². The van der Waals surface area contributed by atoms with Crippen LogP contribution >= 0.6 is 11.9 Å². The van der Waals surface area contributed by atoms with Crippen LogP contribution in [0.15, 0.2) is 10.2 Å². The predicted octanol–water partition coefficient (Wildman–Crippen LogP) is 1.30. The molecular formula is C27H48N6O8S. The van der Waals surface area contributed by atoms with Crippen LogP contribution in [0.3, 0.4) is 0 Å². The quantitative estimate of drug-likeness (QED) is 0.0263. The van der Waals surface area contributed by atoms with Gasteiger partial charge in [0.25, 0.3) is 0 Å². The molecule has 14 nitrogen and oxygen atoms in total. The fourth-order valence-corrected chi connectivity index (χ4v) is 4.87. The number of aldehydes is 1. The van der Waals surface area contributed by atoms with E-state index in [4.69, 9.17) is 14.6 Å². The van der Waals surface area contributed by atoms with E-state index in [1.54, 1.807) is 7.05 Å². The molecule has 15 heteroatoms. The van der Waals surface area contributed by atoms with E-state index in [0.29, 0.717) is 50.1 Å². The minimum atomic E-state index is -1.22. The molecule has 5 N–H and O–H groups in total. The van der Waals surface area contributed by atoms with Gasteiger partial charge >= 0.3 is 5.97 Å². The molecule has 0 aromatic carbocycles. The first-order valence-electron chi connectivity index (χ1n) is 13.8. The zero-order valence-corrected chi connectivity index (χ0v) is 26.3. The standard InChI is InChI=1S/C27H48N6O8S/c1-26(2,17-21(28-5)32-29-6)19-27(3,4)25(39)33-42-16-8-10-22(35)30-11-13-40-14-15-41-18-23(36)31-20(24(37)38)9-7-12-34/h12,20H,6-11,13-19H2,1-5H3,(H,28,32)(H,30,35)(H,31,36)(H,33,39)(H,37,38). The predicted molar refractivity (Wildman–Crippen MR) is 162 cm³/mol. The molecule has 0 aliphatic carbocycles. The molecule has 0 heterocycles. The molecule has 0 bridgehead atoms. The summed E-state index contributed by atoms with van der Waals surface area (Å²) in [5.74, 6) is -0.720. The zero-order valence-electron chi connectivity index (χ0n) is 25.5. The van der Waals surface area contributed by atoms with Crippen LogP contribution in [0.25, 0.3) is 0 Å². The van der Waals surface area contributed by atoms with E-state index in [2.05, 4.69) is 51.4 Å². The number of amides is 3. The van der Waals surface area contributed by atoms with Crippen molar-refractivity contribution in [3.05, 3.63) is 0 Å². The normalized spacial score (nSPS) is 12.6. The van der Waals surface area contributed by atoms with E-state index in [1.807, 2.05) is 13.8 Å². The van der Waals surface area contributed by atoms with Gasteiger partial charge in [0.05, 0.1) is 19.8 Å². The van der Waals surface area contributed by atoms with Crippen LogP contribution in [0.1, 0.15) is 66.2 Å². The fraction of sp³-hybridized carbons (Fsp3) is 0.741. The third kappa shape index (κ3) is 19.1. The number of nitrogens with zero attached hydrogens (tertiary/aromatic N) is 2. The first-order chi connectivity index (χ1) is 19.8. The molecule has 0 rings (SSSR count). The second-order valence-corrected chi connectivity index (χ2v) is 11.8. The molecule has 0 aromatic heterocycles. The Morgan fingerprint density at radius 1 is 1.07 bits per heavy atom. The fourth-order valence-electron chi connectivity index (χ4n) is 4.08. The van der Waals surface area contributed by atoms with Crippen molar-refractivity contribution in [1.82, 2.24) is 20.7 Å². The summed E-state index contributed by atoms with van der Waals surface area (Å²) >= 11 is 1.28. The Hall–Kier alpha value is -3.04. The van der Waals surface area contributed by atoms with Crippen LogP contribution in [0.5, 0.6) is 0 Å². The van der Waals surface area contributed by atoms with Gasteiger partial charge in [0.1, 0.15) is 24.8 Å². The molecule has 0 aromatic rings. The third-order valence-electron chi connectivity index (χ3n) is 5.86. The number of hydrogen-bond donors (Lipinski definition) is 5. The lowest BCUT2D eigenvalue weighted by Gasteiger charge is -2.34. The van der Waals surface area contributed by atoms with Crippen molar-refractivity contribution in [3.63, 3.8) is 0 Å². The number of rotatable bonds is 24. The highest BCUT2D eigenvalue weighted by Crippen LogP contribution is 2.36. The number of carboxylic acids is 1. The van der Waals surface area contributed by atoms with Gasteiger partial charge in [-0.1, -0.05) is 39.6 Å². The number of ether oxygens (including phenoxy) is 2. The van der Waals surface area contributed by atoms with Gasteiger partial charge in [0.15, 0.2) is 0 Å². The molecule has 0 spiro atoms. The third-order valence-corrected chi connectivity index (χ3v) is 6.68. The van der Waals surface area contributed by atoms with Crippen LogP contribution < -0.4 is 20.7 Å². The Morgan fingerprint density at radius 2 is 1.76 bits per heavy atom. The van der Waals surface area contributed by atoms with Crippen LogP contribution in [0.4, 0.5) is 0 Å². The maximum Gasteiger partial charge on any atom is 0.326 e. The summed E-state index contributed by atoms with van der Waals surface area (Å²) in [5, 5.41) is 24.6. The van der Waals surface area contributed by atoms with E-state index in [-0.39, 0.29) is 56.5 Å². The summed E-state index contributed by atoms with van der Waals surface area (Å²) in [7, 11) is 1.77. The number of carbonyl (C=O) groups is 5. The smallest absolute Gasteiger partial charge is 0.326 e. The number of amidine groups is 1. The molecule has 0 aliphatic rings. The number of hydrogen-bond acceptors (Lipinski definition) is 10. The van der Waals surface area contributed by atoms with Gasteiger partial charge in [-0.05, 0) is 24.7 Å². The SMILES string of the molecule is C=N/N=C(/CC(C)(C)CC(C)(C)C(=O)NSCCCC(=O)NCCOCCOCC(=O)NC(CCC=O)C(=O)O)NC. The molecule has 3 amide bonds. The van der Waals surface area contributed by atoms with Crippen molar-refractivity contribution in [2.24, 2.45) is 21.0 Å². The first-order valence-corrected chi connectivity index (χ1v) is 14.8. The molecule has 1 unspecified atom stereocenters. The average Bonchev–Trinajstić information content (AvgIpc) is 2.90. The molecular weight excluding hydrogens is 568 g/mol. The second-order valence-electron chi connectivity index (χ2n) is 10.9. The van der Waals surface area contributed by atoms with Gasteiger partial charge in [0, 0.05) is 50.7 Å². The second kappa shape index (κ2) is 21.6. The van der Waals surface area contributed by atoms with Crippen LogP contribution in [0.2, 0.25) is 0 Å². The summed E-state index contributed by atoms with van der Waals surface area (Å²) in [6.07, 6.45) is 2.79. The van der Waals surface area contributed by atoms with Gasteiger partial charge in [-0.25, -0.2) is 4.79 Å². The van der Waals surface area contributed by atoms with Crippen molar-refractivity contribution >= 4 is 54.5 Å². The Labute approximate surface area is 252 Å². The summed E-state index contributed by atoms with van der Waals surface area (Å²) in [4.78, 5) is 57.9. The lowest BCUT2D eigenvalue weighted by atomic mass is 9.73. The Kier molecular flexibility index (Phi) is 20.1. The highest BCUT2D eigenvalue weighted by atomic mass is 32.2. The van der Waals surface area contributed by atoms with E-state index in [9.17, 15) is 24.0 Å². The van der Waals surface area contributed by atoms with Crippen molar-refractivity contribution < 1.29 is 38.6 Å². The van der Waals surface area contributed by atoms with E-state index in [0.717, 1.165) is 0 Å². The number of nitrogens with one attached hydrogen (secondary N) is 4. The van der Waals surface area contributed by atoms with Crippen molar-refractivity contribution in [2.45, 2.75) is 72.3 Å². The molecule has 42 heavy (non-hydrogen) atoms. The minimum absolute atomic E-state index is 0.0103. The number of carbonyl (C=O) groups excluding carboxylic acids is 4. The summed E-state index contributed by atoms with van der Waals surface area (Å²) < 4.78 is 13.4. The molecule has 0 fully saturated rings. The number of aliphatic carboxylic acids is 1. The highest BCUT2D eigenvalue weighted by molar-refractivity contribution is 7.97. The molecule has 0 aliphatic heterocycles. The maximum absolute atomic E-state index is 12.8.